The molecule has 0 aliphatic carbocycles. The molecule has 1 unspecified atom stereocenters. The van der Waals surface area contributed by atoms with Crippen molar-refractivity contribution in [1.82, 2.24) is 15.5 Å². The van der Waals surface area contributed by atoms with Crippen LogP contribution in [0.1, 0.15) is 92.4 Å². The summed E-state index contributed by atoms with van der Waals surface area (Å²) in [4.78, 5) is 28.3. The van der Waals surface area contributed by atoms with Gasteiger partial charge in [0.25, 0.3) is 5.91 Å². The number of terminal acetylenes is 1. The standard InChI is InChI=1S/C30H36N4O3/c1-4-7-8-15-25(34-27(35)20-30(5-2,6-3)33-29(34)31)21-12-11-13-22(19-21)28(36)32-24-17-18-37-26-16-10-9-14-23(24)26/h1,9-14,16,19,24-25H,5-8,15,17-18,20H2,2-3H3,(H2,31,33)(H,32,36)/t24-,25?/m1/s1. The third-order valence-corrected chi connectivity index (χ3v) is 7.64. The molecule has 0 saturated carbocycles. The van der Waals surface area contributed by atoms with Crippen molar-refractivity contribution >= 4 is 17.8 Å². The summed E-state index contributed by atoms with van der Waals surface area (Å²) in [7, 11) is 0. The van der Waals surface area contributed by atoms with E-state index in [4.69, 9.17) is 16.6 Å². The van der Waals surface area contributed by atoms with Gasteiger partial charge in [-0.15, -0.1) is 12.3 Å². The van der Waals surface area contributed by atoms with Gasteiger partial charge in [0.1, 0.15) is 5.75 Å². The number of hydrogen-bond acceptors (Lipinski definition) is 4. The summed E-state index contributed by atoms with van der Waals surface area (Å²) in [6, 6.07) is 14.6. The molecule has 7 nitrogen and oxygen atoms in total. The molecule has 2 aromatic rings. The lowest BCUT2D eigenvalue weighted by molar-refractivity contribution is -0.132. The first-order valence-corrected chi connectivity index (χ1v) is 13.2. The van der Waals surface area contributed by atoms with Crippen molar-refractivity contribution in [2.75, 3.05) is 6.61 Å². The van der Waals surface area contributed by atoms with E-state index >= 15 is 0 Å². The summed E-state index contributed by atoms with van der Waals surface area (Å²) < 4.78 is 5.73. The molecule has 2 atom stereocenters. The van der Waals surface area contributed by atoms with Crippen LogP contribution in [0.5, 0.6) is 5.75 Å². The van der Waals surface area contributed by atoms with Crippen LogP contribution in [0.3, 0.4) is 0 Å². The lowest BCUT2D eigenvalue weighted by atomic mass is 9.85. The first-order valence-electron chi connectivity index (χ1n) is 13.2. The summed E-state index contributed by atoms with van der Waals surface area (Å²) in [6.45, 7) is 4.62. The molecule has 7 heteroatoms. The maximum absolute atomic E-state index is 13.4. The second-order valence-electron chi connectivity index (χ2n) is 9.84. The number of guanidine groups is 1. The zero-order chi connectivity index (χ0) is 26.4. The van der Waals surface area contributed by atoms with Crippen molar-refractivity contribution in [2.45, 2.75) is 76.4 Å². The van der Waals surface area contributed by atoms with Gasteiger partial charge in [0.05, 0.1) is 25.1 Å². The highest BCUT2D eigenvalue weighted by molar-refractivity contribution is 6.00. The number of unbranched alkanes of at least 4 members (excludes halogenated alkanes) is 1. The van der Waals surface area contributed by atoms with Crippen molar-refractivity contribution < 1.29 is 14.3 Å². The Labute approximate surface area is 219 Å². The summed E-state index contributed by atoms with van der Waals surface area (Å²) >= 11 is 0. The Kier molecular flexibility index (Phi) is 8.17. The topological polar surface area (TPSA) is 94.5 Å². The van der Waals surface area contributed by atoms with Gasteiger partial charge in [-0.2, -0.15) is 0 Å². The molecule has 0 radical (unpaired) electrons. The molecule has 0 aromatic heterocycles. The van der Waals surface area contributed by atoms with Crippen molar-refractivity contribution in [3.63, 3.8) is 0 Å². The Bertz CT molecular complexity index is 1180. The van der Waals surface area contributed by atoms with Crippen LogP contribution in [0, 0.1) is 17.8 Å². The lowest BCUT2D eigenvalue weighted by Crippen LogP contribution is -2.62. The molecule has 1 saturated heterocycles. The maximum Gasteiger partial charge on any atom is 0.251 e. The third-order valence-electron chi connectivity index (χ3n) is 7.64. The molecule has 3 N–H and O–H groups in total. The van der Waals surface area contributed by atoms with E-state index in [1.54, 1.807) is 11.0 Å². The van der Waals surface area contributed by atoms with E-state index in [9.17, 15) is 9.59 Å². The van der Waals surface area contributed by atoms with E-state index in [-0.39, 0.29) is 29.9 Å². The van der Waals surface area contributed by atoms with Crippen molar-refractivity contribution in [2.24, 2.45) is 0 Å². The number of hydrogen-bond donors (Lipinski definition) is 3. The highest BCUT2D eigenvalue weighted by Crippen LogP contribution is 2.34. The lowest BCUT2D eigenvalue weighted by Gasteiger charge is -2.45. The van der Waals surface area contributed by atoms with Crippen LogP contribution < -0.4 is 15.4 Å². The molecule has 2 aliphatic rings. The zero-order valence-corrected chi connectivity index (χ0v) is 21.7. The quantitative estimate of drug-likeness (QED) is 0.330. The van der Waals surface area contributed by atoms with Gasteiger partial charge in [-0.25, -0.2) is 0 Å². The molecule has 2 aliphatic heterocycles. The molecular weight excluding hydrogens is 464 g/mol. The number of nitrogens with one attached hydrogen (secondary N) is 3. The molecule has 194 valence electrons. The number of carbonyl (C=O) groups excluding carboxylic acids is 2. The van der Waals surface area contributed by atoms with Crippen molar-refractivity contribution in [1.29, 1.82) is 5.41 Å². The average molecular weight is 501 g/mol. The normalized spacial score (nSPS) is 19.2. The van der Waals surface area contributed by atoms with Gasteiger partial charge in [0, 0.05) is 29.5 Å². The molecule has 2 aromatic carbocycles. The zero-order valence-electron chi connectivity index (χ0n) is 21.7. The van der Waals surface area contributed by atoms with Gasteiger partial charge in [-0.1, -0.05) is 44.2 Å². The summed E-state index contributed by atoms with van der Waals surface area (Å²) in [5, 5.41) is 15.2. The van der Waals surface area contributed by atoms with Crippen LogP contribution in [0.25, 0.3) is 0 Å². The van der Waals surface area contributed by atoms with Crippen molar-refractivity contribution in [3.8, 4) is 18.1 Å². The molecule has 0 spiro atoms. The van der Waals surface area contributed by atoms with Crippen molar-refractivity contribution in [3.05, 3.63) is 65.2 Å². The first-order chi connectivity index (χ1) is 17.9. The smallest absolute Gasteiger partial charge is 0.251 e. The van der Waals surface area contributed by atoms with Gasteiger partial charge < -0.3 is 15.4 Å². The van der Waals surface area contributed by atoms with Crippen LogP contribution in [0.15, 0.2) is 48.5 Å². The Morgan fingerprint density at radius 3 is 2.78 bits per heavy atom. The van der Waals surface area contributed by atoms with Gasteiger partial charge in [0.15, 0.2) is 5.96 Å². The van der Waals surface area contributed by atoms with Crippen LogP contribution in [-0.2, 0) is 4.79 Å². The van der Waals surface area contributed by atoms with E-state index in [2.05, 4.69) is 16.6 Å². The largest absolute Gasteiger partial charge is 0.493 e. The average Bonchev–Trinajstić information content (AvgIpc) is 2.92. The van der Waals surface area contributed by atoms with E-state index in [1.807, 2.05) is 56.3 Å². The van der Waals surface area contributed by atoms with Gasteiger partial charge in [-0.05, 0) is 49.4 Å². The number of ether oxygens (including phenoxy) is 1. The monoisotopic (exact) mass is 500 g/mol. The Morgan fingerprint density at radius 1 is 1.27 bits per heavy atom. The molecule has 0 bridgehead atoms. The van der Waals surface area contributed by atoms with Crippen LogP contribution >= 0.6 is 0 Å². The molecule has 1 fully saturated rings. The SMILES string of the molecule is C#CCCCC(c1cccc(C(=O)N[C@@H]2CCOc3ccccc32)c1)N1C(=N)NC(CC)(CC)CC1=O. The minimum atomic E-state index is -0.393. The van der Waals surface area contributed by atoms with Gasteiger partial charge >= 0.3 is 0 Å². The summed E-state index contributed by atoms with van der Waals surface area (Å²) in [6.07, 6.45) is 9.94. The summed E-state index contributed by atoms with van der Waals surface area (Å²) in [5.74, 6) is 3.32. The molecule has 2 heterocycles. The van der Waals surface area contributed by atoms with E-state index in [1.165, 1.54) is 0 Å². The summed E-state index contributed by atoms with van der Waals surface area (Å²) in [5.41, 5.74) is 1.91. The molecule has 4 rings (SSSR count). The fourth-order valence-electron chi connectivity index (χ4n) is 5.32. The fourth-order valence-corrected chi connectivity index (χ4v) is 5.32. The van der Waals surface area contributed by atoms with Crippen LogP contribution in [-0.4, -0.2) is 34.8 Å². The minimum absolute atomic E-state index is 0.0770. The second kappa shape index (κ2) is 11.5. The van der Waals surface area contributed by atoms with E-state index < -0.39 is 5.54 Å². The first kappa shape index (κ1) is 26.3. The third kappa shape index (κ3) is 5.64. The second-order valence-corrected chi connectivity index (χ2v) is 9.84. The highest BCUT2D eigenvalue weighted by Gasteiger charge is 2.42. The number of carbonyl (C=O) groups is 2. The number of para-hydroxylation sites is 1. The number of rotatable bonds is 9. The molecule has 37 heavy (non-hydrogen) atoms. The highest BCUT2D eigenvalue weighted by atomic mass is 16.5. The predicted molar refractivity (Wildman–Crippen MR) is 144 cm³/mol. The van der Waals surface area contributed by atoms with Gasteiger partial charge in [-0.3, -0.25) is 19.9 Å². The fraction of sp³-hybridized carbons (Fsp3) is 0.433. The minimum Gasteiger partial charge on any atom is -0.493 e. The Morgan fingerprint density at radius 2 is 2.05 bits per heavy atom. The molecule has 2 amide bonds. The van der Waals surface area contributed by atoms with Crippen LogP contribution in [0.2, 0.25) is 0 Å². The Balaban J connectivity index is 1.58. The number of fused-ring (bicyclic) bond motifs is 1. The number of amides is 2. The Hall–Kier alpha value is -3.79. The van der Waals surface area contributed by atoms with Crippen LogP contribution in [0.4, 0.5) is 0 Å². The van der Waals surface area contributed by atoms with E-state index in [0.717, 1.165) is 29.7 Å². The predicted octanol–water partition coefficient (Wildman–Crippen LogP) is 5.10. The number of benzene rings is 2. The number of nitrogens with zero attached hydrogens (tertiary/aromatic N) is 1. The maximum atomic E-state index is 13.4. The van der Waals surface area contributed by atoms with Gasteiger partial charge in [0.2, 0.25) is 5.91 Å². The van der Waals surface area contributed by atoms with E-state index in [0.29, 0.717) is 44.3 Å². The molecular formula is C30H36N4O3.